The van der Waals surface area contributed by atoms with Crippen LogP contribution in [0.1, 0.15) is 40.5 Å². The molecular formula is C22H20F3N3O2. The molecule has 1 fully saturated rings. The van der Waals surface area contributed by atoms with E-state index >= 15 is 0 Å². The normalized spacial score (nSPS) is 17.0. The molecule has 30 heavy (non-hydrogen) atoms. The monoisotopic (exact) mass is 415 g/mol. The van der Waals surface area contributed by atoms with Crippen LogP contribution in [0.25, 0.3) is 11.4 Å². The van der Waals surface area contributed by atoms with Crippen LogP contribution in [0.2, 0.25) is 0 Å². The van der Waals surface area contributed by atoms with Gasteiger partial charge in [0.1, 0.15) is 0 Å². The molecule has 0 saturated carbocycles. The molecule has 1 amide bonds. The molecule has 1 aliphatic rings. The van der Waals surface area contributed by atoms with Crippen molar-refractivity contribution in [1.29, 1.82) is 0 Å². The molecule has 1 atom stereocenters. The fourth-order valence-electron chi connectivity index (χ4n) is 3.68. The number of nitrogens with zero attached hydrogens (tertiary/aromatic N) is 3. The highest BCUT2D eigenvalue weighted by Crippen LogP contribution is 2.32. The first-order chi connectivity index (χ1) is 14.2. The Morgan fingerprint density at radius 2 is 1.87 bits per heavy atom. The zero-order valence-electron chi connectivity index (χ0n) is 16.5. The number of benzene rings is 2. The number of amides is 1. The summed E-state index contributed by atoms with van der Waals surface area (Å²) in [5.41, 5.74) is 2.98. The molecule has 0 bridgehead atoms. The maximum atomic E-state index is 12.7. The lowest BCUT2D eigenvalue weighted by molar-refractivity contribution is -0.137. The molecule has 4 rings (SSSR count). The summed E-state index contributed by atoms with van der Waals surface area (Å²) < 4.78 is 43.5. The Morgan fingerprint density at radius 1 is 1.13 bits per heavy atom. The second-order valence-corrected chi connectivity index (χ2v) is 7.64. The van der Waals surface area contributed by atoms with E-state index < -0.39 is 11.7 Å². The van der Waals surface area contributed by atoms with E-state index in [1.54, 1.807) is 4.90 Å². The largest absolute Gasteiger partial charge is 0.416 e. The summed E-state index contributed by atoms with van der Waals surface area (Å²) in [5, 5.41) is 4.07. The van der Waals surface area contributed by atoms with E-state index in [1.165, 1.54) is 12.1 Å². The van der Waals surface area contributed by atoms with Gasteiger partial charge in [0.15, 0.2) is 0 Å². The Kier molecular flexibility index (Phi) is 5.09. The van der Waals surface area contributed by atoms with Crippen LogP contribution in [0, 0.1) is 13.8 Å². The summed E-state index contributed by atoms with van der Waals surface area (Å²) in [7, 11) is 0. The first-order valence-electron chi connectivity index (χ1n) is 9.56. The SMILES string of the molecule is Cc1ccc(-c2noc(C3CC(=O)N(Cc4ccc(C(F)(F)F)cc4)C3)n2)c(C)c1. The fraction of sp³-hybridized carbons (Fsp3) is 0.318. The van der Waals surface area contributed by atoms with Gasteiger partial charge in [-0.25, -0.2) is 0 Å². The Morgan fingerprint density at radius 3 is 2.53 bits per heavy atom. The molecule has 156 valence electrons. The predicted molar refractivity (Wildman–Crippen MR) is 103 cm³/mol. The molecule has 5 nitrogen and oxygen atoms in total. The van der Waals surface area contributed by atoms with Crippen molar-refractivity contribution in [3.63, 3.8) is 0 Å². The number of halogens is 3. The lowest BCUT2D eigenvalue weighted by atomic mass is 10.1. The van der Waals surface area contributed by atoms with Crippen LogP contribution in [0.15, 0.2) is 47.0 Å². The lowest BCUT2D eigenvalue weighted by Crippen LogP contribution is -2.24. The van der Waals surface area contributed by atoms with Crippen LogP contribution in [-0.4, -0.2) is 27.5 Å². The highest BCUT2D eigenvalue weighted by molar-refractivity contribution is 5.79. The smallest absolute Gasteiger partial charge is 0.339 e. The second kappa shape index (κ2) is 7.59. The number of hydrogen-bond acceptors (Lipinski definition) is 4. The molecule has 0 spiro atoms. The van der Waals surface area contributed by atoms with Crippen molar-refractivity contribution in [2.24, 2.45) is 0 Å². The minimum Gasteiger partial charge on any atom is -0.339 e. The first-order valence-corrected chi connectivity index (χ1v) is 9.56. The van der Waals surface area contributed by atoms with Crippen LogP contribution >= 0.6 is 0 Å². The van der Waals surface area contributed by atoms with Crippen molar-refractivity contribution in [1.82, 2.24) is 15.0 Å². The molecule has 0 N–H and O–H groups in total. The number of alkyl halides is 3. The number of carbonyl (C=O) groups is 1. The summed E-state index contributed by atoms with van der Waals surface area (Å²) in [5.74, 6) is 0.550. The summed E-state index contributed by atoms with van der Waals surface area (Å²) in [6.07, 6.45) is -4.15. The van der Waals surface area contributed by atoms with Crippen LogP contribution < -0.4 is 0 Å². The zero-order valence-corrected chi connectivity index (χ0v) is 16.5. The molecule has 0 radical (unpaired) electrons. The van der Waals surface area contributed by atoms with Crippen molar-refractivity contribution in [2.75, 3.05) is 6.54 Å². The number of rotatable bonds is 4. The predicted octanol–water partition coefficient (Wildman–Crippen LogP) is 4.89. The average Bonchev–Trinajstić information content (AvgIpc) is 3.29. The van der Waals surface area contributed by atoms with E-state index in [0.29, 0.717) is 23.8 Å². The highest BCUT2D eigenvalue weighted by atomic mass is 19.4. The fourth-order valence-corrected chi connectivity index (χ4v) is 3.68. The molecule has 8 heteroatoms. The number of aryl methyl sites for hydroxylation is 2. The van der Waals surface area contributed by atoms with E-state index in [-0.39, 0.29) is 24.8 Å². The van der Waals surface area contributed by atoms with E-state index in [1.807, 2.05) is 32.0 Å². The van der Waals surface area contributed by atoms with Crippen LogP contribution in [-0.2, 0) is 17.5 Å². The Balaban J connectivity index is 1.46. The van der Waals surface area contributed by atoms with Crippen molar-refractivity contribution < 1.29 is 22.5 Å². The molecule has 2 aromatic carbocycles. The topological polar surface area (TPSA) is 59.2 Å². The highest BCUT2D eigenvalue weighted by Gasteiger charge is 2.35. The number of hydrogen-bond donors (Lipinski definition) is 0. The molecule has 2 heterocycles. The summed E-state index contributed by atoms with van der Waals surface area (Å²) >= 11 is 0. The maximum Gasteiger partial charge on any atom is 0.416 e. The molecule has 1 aliphatic heterocycles. The second-order valence-electron chi connectivity index (χ2n) is 7.64. The van der Waals surface area contributed by atoms with Gasteiger partial charge in [-0.2, -0.15) is 18.2 Å². The van der Waals surface area contributed by atoms with E-state index in [4.69, 9.17) is 4.52 Å². The average molecular weight is 415 g/mol. The van der Waals surface area contributed by atoms with Crippen molar-refractivity contribution in [3.05, 3.63) is 70.6 Å². The van der Waals surface area contributed by atoms with Crippen LogP contribution in [0.5, 0.6) is 0 Å². The molecule has 1 saturated heterocycles. The molecule has 1 unspecified atom stereocenters. The molecule has 0 aliphatic carbocycles. The van der Waals surface area contributed by atoms with Crippen LogP contribution in [0.3, 0.4) is 0 Å². The minimum atomic E-state index is -4.38. The van der Waals surface area contributed by atoms with Crippen molar-refractivity contribution in [2.45, 2.75) is 38.9 Å². The number of likely N-dealkylation sites (tertiary alicyclic amines) is 1. The van der Waals surface area contributed by atoms with Gasteiger partial charge in [0.25, 0.3) is 0 Å². The third-order valence-corrected chi connectivity index (χ3v) is 5.28. The van der Waals surface area contributed by atoms with E-state index in [2.05, 4.69) is 10.1 Å². The third-order valence-electron chi connectivity index (χ3n) is 5.28. The number of carbonyl (C=O) groups excluding carboxylic acids is 1. The van der Waals surface area contributed by atoms with Crippen molar-refractivity contribution >= 4 is 5.91 Å². The summed E-state index contributed by atoms with van der Waals surface area (Å²) in [6.45, 7) is 4.61. The minimum absolute atomic E-state index is 0.0915. The quantitative estimate of drug-likeness (QED) is 0.609. The first kappa shape index (κ1) is 20.1. The summed E-state index contributed by atoms with van der Waals surface area (Å²) in [6, 6.07) is 10.8. The van der Waals surface area contributed by atoms with Gasteiger partial charge in [0, 0.05) is 25.1 Å². The van der Waals surface area contributed by atoms with Gasteiger partial charge in [0.05, 0.1) is 11.5 Å². The van der Waals surface area contributed by atoms with Gasteiger partial charge in [-0.05, 0) is 37.1 Å². The maximum absolute atomic E-state index is 12.7. The van der Waals surface area contributed by atoms with Gasteiger partial charge < -0.3 is 9.42 Å². The Bertz CT molecular complexity index is 1070. The van der Waals surface area contributed by atoms with Crippen LogP contribution in [0.4, 0.5) is 13.2 Å². The molecular weight excluding hydrogens is 395 g/mol. The molecule has 1 aromatic heterocycles. The van der Waals surface area contributed by atoms with Crippen molar-refractivity contribution in [3.8, 4) is 11.4 Å². The van der Waals surface area contributed by atoms with E-state index in [0.717, 1.165) is 28.8 Å². The van der Waals surface area contributed by atoms with Gasteiger partial charge in [-0.1, -0.05) is 41.1 Å². The van der Waals surface area contributed by atoms with Gasteiger partial charge in [-0.15, -0.1) is 0 Å². The van der Waals surface area contributed by atoms with Gasteiger partial charge in [0.2, 0.25) is 17.6 Å². The Labute approximate surface area is 171 Å². The van der Waals surface area contributed by atoms with Gasteiger partial charge >= 0.3 is 6.18 Å². The third kappa shape index (κ3) is 4.08. The molecule has 3 aromatic rings. The summed E-state index contributed by atoms with van der Waals surface area (Å²) in [4.78, 5) is 18.5. The number of aromatic nitrogens is 2. The lowest BCUT2D eigenvalue weighted by Gasteiger charge is -2.16. The van der Waals surface area contributed by atoms with Gasteiger partial charge in [-0.3, -0.25) is 4.79 Å². The Hall–Kier alpha value is -3.16. The standard InChI is InChI=1S/C22H20F3N3O2/c1-13-3-8-18(14(2)9-13)20-26-21(30-27-20)16-10-19(29)28(12-16)11-15-4-6-17(7-5-15)22(23,24)25/h3-9,16H,10-12H2,1-2H3. The zero-order chi connectivity index (χ0) is 21.5. The van der Waals surface area contributed by atoms with E-state index in [9.17, 15) is 18.0 Å².